The number of carboxylic acids is 1. The van der Waals surface area contributed by atoms with Crippen molar-refractivity contribution >= 4 is 11.9 Å². The van der Waals surface area contributed by atoms with Crippen molar-refractivity contribution in [3.05, 3.63) is 114 Å². The van der Waals surface area contributed by atoms with Gasteiger partial charge in [0.1, 0.15) is 17.2 Å². The Labute approximate surface area is 235 Å². The third kappa shape index (κ3) is 8.26. The SMILES string of the molecule is O=C(O)CC(NC(=O)c1ccc(Oc2ccc(C(F)(F)F)cc2)cc1)c1ccc(-c2ccc(OC(F)(F)F)cc2)cc1. The second kappa shape index (κ2) is 12.2. The molecule has 0 spiro atoms. The van der Waals surface area contributed by atoms with E-state index in [-0.39, 0.29) is 22.8 Å². The van der Waals surface area contributed by atoms with E-state index in [4.69, 9.17) is 4.74 Å². The maximum atomic E-state index is 12.9. The van der Waals surface area contributed by atoms with Crippen LogP contribution in [0.25, 0.3) is 11.1 Å². The molecule has 0 saturated carbocycles. The van der Waals surface area contributed by atoms with Gasteiger partial charge in [0.05, 0.1) is 18.0 Å². The van der Waals surface area contributed by atoms with Gasteiger partial charge in [-0.15, -0.1) is 13.2 Å². The number of amides is 1. The lowest BCUT2D eigenvalue weighted by Crippen LogP contribution is -2.30. The molecular formula is C30H21F6NO5. The number of carboxylic acid groups (broad SMARTS) is 1. The second-order valence-corrected chi connectivity index (χ2v) is 8.97. The minimum absolute atomic E-state index is 0.163. The van der Waals surface area contributed by atoms with Crippen molar-refractivity contribution in [3.63, 3.8) is 0 Å². The summed E-state index contributed by atoms with van der Waals surface area (Å²) in [5.74, 6) is -1.68. The molecule has 1 atom stereocenters. The summed E-state index contributed by atoms with van der Waals surface area (Å²) >= 11 is 0. The summed E-state index contributed by atoms with van der Waals surface area (Å²) in [7, 11) is 0. The predicted octanol–water partition coefficient (Wildman–Crippen LogP) is 8.01. The number of carbonyl (C=O) groups excluding carboxylic acids is 1. The van der Waals surface area contributed by atoms with Gasteiger partial charge in [0.25, 0.3) is 5.91 Å². The molecule has 4 rings (SSSR count). The Hall–Kier alpha value is -5.00. The molecule has 0 aromatic heterocycles. The highest BCUT2D eigenvalue weighted by Gasteiger charge is 2.31. The van der Waals surface area contributed by atoms with Crippen molar-refractivity contribution in [2.45, 2.75) is 25.0 Å². The van der Waals surface area contributed by atoms with E-state index < -0.39 is 42.4 Å². The molecule has 0 bridgehead atoms. The number of hydrogen-bond donors (Lipinski definition) is 2. The highest BCUT2D eigenvalue weighted by Crippen LogP contribution is 2.32. The van der Waals surface area contributed by atoms with Gasteiger partial charge in [-0.05, 0) is 77.4 Å². The third-order valence-corrected chi connectivity index (χ3v) is 5.95. The van der Waals surface area contributed by atoms with Gasteiger partial charge in [0.15, 0.2) is 0 Å². The second-order valence-electron chi connectivity index (χ2n) is 8.97. The number of ether oxygens (including phenoxy) is 2. The summed E-state index contributed by atoms with van der Waals surface area (Å²) in [5.41, 5.74) is 1.08. The Morgan fingerprint density at radius 1 is 0.690 bits per heavy atom. The van der Waals surface area contributed by atoms with Crippen LogP contribution in [0.1, 0.15) is 33.9 Å². The highest BCUT2D eigenvalue weighted by molar-refractivity contribution is 5.94. The minimum Gasteiger partial charge on any atom is -0.481 e. The molecule has 1 unspecified atom stereocenters. The van der Waals surface area contributed by atoms with E-state index in [1.165, 1.54) is 60.7 Å². The standard InChI is InChI=1S/C30H21F6NO5/c31-29(32,33)22-9-15-24(16-10-22)41-23-11-7-21(8-12-23)28(40)37-26(17-27(38)39)20-3-1-18(2-4-20)19-5-13-25(14-6-19)42-30(34,35)36/h1-16,26H,17H2,(H,37,40)(H,38,39). The van der Waals surface area contributed by atoms with Crippen molar-refractivity contribution in [3.8, 4) is 28.4 Å². The molecule has 0 heterocycles. The normalized spacial score (nSPS) is 12.3. The lowest BCUT2D eigenvalue weighted by atomic mass is 9.98. The third-order valence-electron chi connectivity index (χ3n) is 5.95. The largest absolute Gasteiger partial charge is 0.573 e. The average molecular weight is 589 g/mol. The first-order valence-corrected chi connectivity index (χ1v) is 12.2. The van der Waals surface area contributed by atoms with Crippen LogP contribution in [0.3, 0.4) is 0 Å². The van der Waals surface area contributed by atoms with Crippen LogP contribution in [0.4, 0.5) is 26.3 Å². The van der Waals surface area contributed by atoms with Crippen LogP contribution in [0.2, 0.25) is 0 Å². The minimum atomic E-state index is -4.81. The van der Waals surface area contributed by atoms with E-state index in [1.807, 2.05) is 0 Å². The van der Waals surface area contributed by atoms with Gasteiger partial charge in [-0.2, -0.15) is 13.2 Å². The zero-order valence-corrected chi connectivity index (χ0v) is 21.4. The first-order valence-electron chi connectivity index (χ1n) is 12.2. The van der Waals surface area contributed by atoms with Crippen molar-refractivity contribution in [2.24, 2.45) is 0 Å². The molecule has 0 saturated heterocycles. The molecule has 0 aliphatic carbocycles. The Kier molecular flexibility index (Phi) is 8.74. The number of benzene rings is 4. The van der Waals surface area contributed by atoms with Crippen LogP contribution in [0, 0.1) is 0 Å². The maximum absolute atomic E-state index is 12.9. The number of halogens is 6. The molecule has 0 fully saturated rings. The summed E-state index contributed by atoms with van der Waals surface area (Å²) in [4.78, 5) is 24.4. The van der Waals surface area contributed by atoms with Crippen LogP contribution >= 0.6 is 0 Å². The number of aliphatic carboxylic acids is 1. The highest BCUT2D eigenvalue weighted by atomic mass is 19.4. The number of carbonyl (C=O) groups is 2. The molecule has 12 heteroatoms. The quantitative estimate of drug-likeness (QED) is 0.193. The van der Waals surface area contributed by atoms with Gasteiger partial charge in [-0.25, -0.2) is 0 Å². The zero-order chi connectivity index (χ0) is 30.5. The van der Waals surface area contributed by atoms with Crippen LogP contribution in [0.5, 0.6) is 17.2 Å². The predicted molar refractivity (Wildman–Crippen MR) is 139 cm³/mol. The molecular weight excluding hydrogens is 568 g/mol. The summed E-state index contributed by atoms with van der Waals surface area (Å²) in [6, 6.07) is 20.6. The van der Waals surface area contributed by atoms with Crippen molar-refractivity contribution in [2.75, 3.05) is 0 Å². The lowest BCUT2D eigenvalue weighted by molar-refractivity contribution is -0.274. The van der Waals surface area contributed by atoms with Crippen LogP contribution in [0.15, 0.2) is 97.1 Å². The van der Waals surface area contributed by atoms with Gasteiger partial charge >= 0.3 is 18.5 Å². The molecule has 0 aliphatic rings. The van der Waals surface area contributed by atoms with Gasteiger partial charge < -0.3 is 19.9 Å². The van der Waals surface area contributed by atoms with E-state index in [9.17, 15) is 41.0 Å². The summed E-state index contributed by atoms with van der Waals surface area (Å²) < 4.78 is 84.7. The molecule has 2 N–H and O–H groups in total. The van der Waals surface area contributed by atoms with Gasteiger partial charge in [-0.1, -0.05) is 36.4 Å². The monoisotopic (exact) mass is 589 g/mol. The van der Waals surface area contributed by atoms with Crippen LogP contribution in [-0.4, -0.2) is 23.3 Å². The first-order chi connectivity index (χ1) is 19.8. The van der Waals surface area contributed by atoms with E-state index in [0.717, 1.165) is 12.1 Å². The van der Waals surface area contributed by atoms with E-state index in [2.05, 4.69) is 10.1 Å². The Morgan fingerprint density at radius 2 is 1.17 bits per heavy atom. The number of alkyl halides is 6. The smallest absolute Gasteiger partial charge is 0.481 e. The molecule has 0 aliphatic heterocycles. The topological polar surface area (TPSA) is 84.9 Å². The molecule has 0 radical (unpaired) electrons. The number of nitrogens with one attached hydrogen (secondary N) is 1. The lowest BCUT2D eigenvalue weighted by Gasteiger charge is -2.18. The van der Waals surface area contributed by atoms with Crippen LogP contribution < -0.4 is 14.8 Å². The molecule has 6 nitrogen and oxygen atoms in total. The summed E-state index contributed by atoms with van der Waals surface area (Å²) in [6.07, 6.45) is -9.71. The van der Waals surface area contributed by atoms with Crippen molar-refractivity contribution in [1.82, 2.24) is 5.32 Å². The van der Waals surface area contributed by atoms with E-state index in [0.29, 0.717) is 16.7 Å². The summed E-state index contributed by atoms with van der Waals surface area (Å²) in [5, 5.41) is 12.1. The Bertz CT molecular complexity index is 1520. The van der Waals surface area contributed by atoms with Crippen molar-refractivity contribution in [1.29, 1.82) is 0 Å². The van der Waals surface area contributed by atoms with Gasteiger partial charge in [-0.3, -0.25) is 9.59 Å². The molecule has 4 aromatic carbocycles. The van der Waals surface area contributed by atoms with Gasteiger partial charge in [0.2, 0.25) is 0 Å². The fourth-order valence-electron chi connectivity index (χ4n) is 3.95. The summed E-state index contributed by atoms with van der Waals surface area (Å²) in [6.45, 7) is 0. The molecule has 42 heavy (non-hydrogen) atoms. The molecule has 218 valence electrons. The van der Waals surface area contributed by atoms with Crippen LogP contribution in [-0.2, 0) is 11.0 Å². The van der Waals surface area contributed by atoms with Crippen molar-refractivity contribution < 1.29 is 50.5 Å². The average Bonchev–Trinajstić information content (AvgIpc) is 2.92. The number of rotatable bonds is 9. The fraction of sp³-hybridized carbons (Fsp3) is 0.133. The zero-order valence-electron chi connectivity index (χ0n) is 21.4. The Balaban J connectivity index is 1.42. The van der Waals surface area contributed by atoms with E-state index in [1.54, 1.807) is 24.3 Å². The fourth-order valence-corrected chi connectivity index (χ4v) is 3.95. The maximum Gasteiger partial charge on any atom is 0.573 e. The first kappa shape index (κ1) is 30.0. The Morgan fingerprint density at radius 3 is 1.64 bits per heavy atom. The molecule has 1 amide bonds. The number of hydrogen-bond acceptors (Lipinski definition) is 4. The van der Waals surface area contributed by atoms with E-state index >= 15 is 0 Å². The van der Waals surface area contributed by atoms with Gasteiger partial charge in [0, 0.05) is 5.56 Å². The molecule has 4 aromatic rings.